The van der Waals surface area contributed by atoms with E-state index in [0.717, 1.165) is 31.8 Å². The molecule has 3 heteroatoms. The molecule has 2 nitrogen and oxygen atoms in total. The number of halogens is 1. The summed E-state index contributed by atoms with van der Waals surface area (Å²) in [6, 6.07) is 0.624. The summed E-state index contributed by atoms with van der Waals surface area (Å²) < 4.78 is 0. The van der Waals surface area contributed by atoms with Gasteiger partial charge in [-0.2, -0.15) is 0 Å². The summed E-state index contributed by atoms with van der Waals surface area (Å²) in [6.45, 7) is 10.6. The lowest BCUT2D eigenvalue weighted by Gasteiger charge is -2.38. The van der Waals surface area contributed by atoms with Gasteiger partial charge < -0.3 is 4.90 Å². The van der Waals surface area contributed by atoms with E-state index in [9.17, 15) is 0 Å². The van der Waals surface area contributed by atoms with E-state index in [1.54, 1.807) is 0 Å². The largest absolute Gasteiger partial charge is 0.304 e. The van der Waals surface area contributed by atoms with Crippen molar-refractivity contribution in [2.24, 2.45) is 0 Å². The smallest absolute Gasteiger partial charge is 0.0443 e. The second-order valence-corrected chi connectivity index (χ2v) is 4.23. The molecular formula is C10H19ClN2. The molecule has 0 amide bonds. The molecular weight excluding hydrogens is 184 g/mol. The van der Waals surface area contributed by atoms with Gasteiger partial charge in [0.05, 0.1) is 0 Å². The molecule has 1 unspecified atom stereocenters. The maximum atomic E-state index is 5.71. The molecule has 1 heterocycles. The Balaban J connectivity index is 2.38. The first kappa shape index (κ1) is 11.0. The second kappa shape index (κ2) is 4.99. The van der Waals surface area contributed by atoms with Crippen LogP contribution >= 0.6 is 11.6 Å². The van der Waals surface area contributed by atoms with Crippen LogP contribution in [0.2, 0.25) is 0 Å². The standard InChI is InChI=1S/C10H19ClN2/c1-9(6-11)7-13-5-4-12(3)8-10(13)2/h10H,1,4-8H2,2-3H3. The molecule has 0 aromatic rings. The fraction of sp³-hybridized carbons (Fsp3) is 0.800. The lowest BCUT2D eigenvalue weighted by atomic mass is 10.2. The molecule has 0 bridgehead atoms. The molecule has 1 fully saturated rings. The van der Waals surface area contributed by atoms with Gasteiger partial charge in [0.15, 0.2) is 0 Å². The molecule has 0 aliphatic carbocycles. The average molecular weight is 203 g/mol. The molecule has 0 aromatic carbocycles. The lowest BCUT2D eigenvalue weighted by Crippen LogP contribution is -2.50. The number of nitrogens with zero attached hydrogens (tertiary/aromatic N) is 2. The SMILES string of the molecule is C=C(CCl)CN1CCN(C)CC1C. The minimum atomic E-state index is 0.582. The zero-order valence-electron chi connectivity index (χ0n) is 8.59. The van der Waals surface area contributed by atoms with E-state index in [0.29, 0.717) is 11.9 Å². The highest BCUT2D eigenvalue weighted by Gasteiger charge is 2.21. The molecule has 1 rings (SSSR count). The second-order valence-electron chi connectivity index (χ2n) is 3.97. The fourth-order valence-corrected chi connectivity index (χ4v) is 1.83. The van der Waals surface area contributed by atoms with E-state index >= 15 is 0 Å². The first-order chi connectivity index (χ1) is 6.13. The minimum Gasteiger partial charge on any atom is -0.304 e. The van der Waals surface area contributed by atoms with E-state index in [1.807, 2.05) is 0 Å². The van der Waals surface area contributed by atoms with Crippen molar-refractivity contribution in [3.63, 3.8) is 0 Å². The van der Waals surface area contributed by atoms with Gasteiger partial charge in [0, 0.05) is 38.1 Å². The predicted molar refractivity (Wildman–Crippen MR) is 58.4 cm³/mol. The molecule has 1 aliphatic rings. The van der Waals surface area contributed by atoms with Crippen molar-refractivity contribution in [2.45, 2.75) is 13.0 Å². The van der Waals surface area contributed by atoms with Crippen LogP contribution in [0.3, 0.4) is 0 Å². The first-order valence-corrected chi connectivity index (χ1v) is 5.32. The number of piperazine rings is 1. The molecule has 0 saturated carbocycles. The number of hydrogen-bond acceptors (Lipinski definition) is 2. The Kier molecular flexibility index (Phi) is 4.23. The van der Waals surface area contributed by atoms with Crippen LogP contribution in [-0.2, 0) is 0 Å². The van der Waals surface area contributed by atoms with Crippen molar-refractivity contribution >= 4 is 11.6 Å². The summed E-state index contributed by atoms with van der Waals surface area (Å²) in [5.41, 5.74) is 1.12. The number of hydrogen-bond donors (Lipinski definition) is 0. The van der Waals surface area contributed by atoms with Gasteiger partial charge in [-0.1, -0.05) is 6.58 Å². The average Bonchev–Trinajstić information content (AvgIpc) is 2.09. The molecule has 0 spiro atoms. The van der Waals surface area contributed by atoms with Gasteiger partial charge in [0.2, 0.25) is 0 Å². The summed E-state index contributed by atoms with van der Waals surface area (Å²) in [6.07, 6.45) is 0. The highest BCUT2D eigenvalue weighted by atomic mass is 35.5. The molecule has 76 valence electrons. The summed E-state index contributed by atoms with van der Waals surface area (Å²) in [5.74, 6) is 0.582. The third kappa shape index (κ3) is 3.29. The lowest BCUT2D eigenvalue weighted by molar-refractivity contribution is 0.109. The summed E-state index contributed by atoms with van der Waals surface area (Å²) in [7, 11) is 2.17. The molecule has 1 saturated heterocycles. The van der Waals surface area contributed by atoms with Gasteiger partial charge in [0.25, 0.3) is 0 Å². The monoisotopic (exact) mass is 202 g/mol. The van der Waals surface area contributed by atoms with Crippen molar-refractivity contribution in [3.05, 3.63) is 12.2 Å². The van der Waals surface area contributed by atoms with Crippen LogP contribution in [0.4, 0.5) is 0 Å². The van der Waals surface area contributed by atoms with E-state index < -0.39 is 0 Å². The van der Waals surface area contributed by atoms with Crippen LogP contribution in [0.1, 0.15) is 6.92 Å². The van der Waals surface area contributed by atoms with Crippen LogP contribution in [0.15, 0.2) is 12.2 Å². The molecule has 1 atom stereocenters. The highest BCUT2D eigenvalue weighted by molar-refractivity contribution is 6.19. The summed E-state index contributed by atoms with van der Waals surface area (Å²) in [5, 5.41) is 0. The molecule has 0 N–H and O–H groups in total. The van der Waals surface area contributed by atoms with E-state index in [1.165, 1.54) is 0 Å². The maximum absolute atomic E-state index is 5.71. The minimum absolute atomic E-state index is 0.582. The molecule has 1 aliphatic heterocycles. The zero-order valence-corrected chi connectivity index (χ0v) is 9.35. The first-order valence-electron chi connectivity index (χ1n) is 4.78. The third-order valence-electron chi connectivity index (χ3n) is 2.58. The van der Waals surface area contributed by atoms with Crippen molar-refractivity contribution < 1.29 is 0 Å². The van der Waals surface area contributed by atoms with Crippen molar-refractivity contribution in [1.82, 2.24) is 9.80 Å². The van der Waals surface area contributed by atoms with Crippen molar-refractivity contribution in [1.29, 1.82) is 0 Å². The van der Waals surface area contributed by atoms with E-state index in [2.05, 4.69) is 30.4 Å². The van der Waals surface area contributed by atoms with Gasteiger partial charge in [-0.15, -0.1) is 11.6 Å². The quantitative estimate of drug-likeness (QED) is 0.505. The van der Waals surface area contributed by atoms with Crippen LogP contribution in [0.5, 0.6) is 0 Å². The van der Waals surface area contributed by atoms with Gasteiger partial charge in [-0.25, -0.2) is 0 Å². The Hall–Kier alpha value is -0.0500. The molecule has 0 aromatic heterocycles. The van der Waals surface area contributed by atoms with E-state index in [4.69, 9.17) is 11.6 Å². The normalized spacial score (nSPS) is 26.2. The summed E-state index contributed by atoms with van der Waals surface area (Å²) >= 11 is 5.71. The zero-order chi connectivity index (χ0) is 9.84. The Bertz CT molecular complexity index is 182. The highest BCUT2D eigenvalue weighted by Crippen LogP contribution is 2.10. The van der Waals surface area contributed by atoms with Crippen LogP contribution < -0.4 is 0 Å². The van der Waals surface area contributed by atoms with Gasteiger partial charge >= 0.3 is 0 Å². The number of likely N-dealkylation sites (N-methyl/N-ethyl adjacent to an activating group) is 1. The third-order valence-corrected chi connectivity index (χ3v) is 2.96. The van der Waals surface area contributed by atoms with Gasteiger partial charge in [-0.3, -0.25) is 4.90 Å². The summed E-state index contributed by atoms with van der Waals surface area (Å²) in [4.78, 5) is 4.81. The van der Waals surface area contributed by atoms with Crippen molar-refractivity contribution in [2.75, 3.05) is 39.1 Å². The van der Waals surface area contributed by atoms with Crippen molar-refractivity contribution in [3.8, 4) is 0 Å². The fourth-order valence-electron chi connectivity index (χ4n) is 1.74. The van der Waals surface area contributed by atoms with Gasteiger partial charge in [-0.05, 0) is 19.5 Å². The van der Waals surface area contributed by atoms with Gasteiger partial charge in [0.1, 0.15) is 0 Å². The maximum Gasteiger partial charge on any atom is 0.0443 e. The molecule has 13 heavy (non-hydrogen) atoms. The molecule has 0 radical (unpaired) electrons. The Morgan fingerprint density at radius 1 is 1.54 bits per heavy atom. The predicted octanol–water partition coefficient (Wildman–Crippen LogP) is 1.42. The van der Waals surface area contributed by atoms with Crippen LogP contribution in [-0.4, -0.2) is 54.9 Å². The number of rotatable bonds is 3. The Labute approximate surface area is 86.2 Å². The topological polar surface area (TPSA) is 6.48 Å². The Morgan fingerprint density at radius 3 is 2.77 bits per heavy atom. The van der Waals surface area contributed by atoms with Crippen LogP contribution in [0.25, 0.3) is 0 Å². The van der Waals surface area contributed by atoms with Crippen LogP contribution in [0, 0.1) is 0 Å². The van der Waals surface area contributed by atoms with E-state index in [-0.39, 0.29) is 0 Å². The number of alkyl halides is 1. The Morgan fingerprint density at radius 2 is 2.23 bits per heavy atom.